The van der Waals surface area contributed by atoms with Gasteiger partial charge in [0.2, 0.25) is 0 Å². The zero-order chi connectivity index (χ0) is 13.6. The third-order valence-corrected chi connectivity index (χ3v) is 6.19. The van der Waals surface area contributed by atoms with E-state index in [4.69, 9.17) is 12.2 Å². The van der Waals surface area contributed by atoms with Gasteiger partial charge in [0.05, 0.1) is 16.5 Å². The Hall–Kier alpha value is -1.21. The molecule has 2 aromatic rings. The molecule has 0 aromatic carbocycles. The van der Waals surface area contributed by atoms with Gasteiger partial charge in [0.1, 0.15) is 0 Å². The summed E-state index contributed by atoms with van der Waals surface area (Å²) in [4.78, 5) is 7.53. The Kier molecular flexibility index (Phi) is 2.98. The summed E-state index contributed by atoms with van der Waals surface area (Å²) in [5.41, 5.74) is 2.49. The predicted molar refractivity (Wildman–Crippen MR) is 76.5 cm³/mol. The molecular formula is C12H15N3O2S2. The highest BCUT2D eigenvalue weighted by Crippen LogP contribution is 2.23. The van der Waals surface area contributed by atoms with Crippen LogP contribution in [0, 0.1) is 11.7 Å². The maximum absolute atomic E-state index is 11.9. The quantitative estimate of drug-likeness (QED) is 0.861. The average molecular weight is 297 g/mol. The zero-order valence-electron chi connectivity index (χ0n) is 10.6. The molecule has 0 spiro atoms. The smallest absolute Gasteiger partial charge is 0.179 e. The Balaban J connectivity index is 2.08. The second kappa shape index (κ2) is 4.42. The molecule has 1 aliphatic rings. The molecule has 1 atom stereocenters. The van der Waals surface area contributed by atoms with Gasteiger partial charge in [0.25, 0.3) is 0 Å². The molecule has 0 bridgehead atoms. The minimum Gasteiger partial charge on any atom is -0.329 e. The number of hydrogen-bond acceptors (Lipinski definition) is 4. The first-order valence-corrected chi connectivity index (χ1v) is 8.37. The number of aryl methyl sites for hydroxylation is 1. The van der Waals surface area contributed by atoms with Gasteiger partial charge >= 0.3 is 0 Å². The van der Waals surface area contributed by atoms with Crippen LogP contribution in [0.5, 0.6) is 0 Å². The zero-order valence-corrected chi connectivity index (χ0v) is 12.2. The fourth-order valence-electron chi connectivity index (χ4n) is 2.56. The van der Waals surface area contributed by atoms with Crippen LogP contribution < -0.4 is 0 Å². The summed E-state index contributed by atoms with van der Waals surface area (Å²) in [5.74, 6) is 0.291. The molecule has 0 radical (unpaired) electrons. The van der Waals surface area contributed by atoms with Crippen molar-refractivity contribution in [2.75, 3.05) is 5.75 Å². The highest BCUT2D eigenvalue weighted by molar-refractivity contribution is 7.92. The highest BCUT2D eigenvalue weighted by Gasteiger charge is 2.32. The van der Waals surface area contributed by atoms with E-state index in [1.165, 1.54) is 0 Å². The first kappa shape index (κ1) is 12.8. The molecular weight excluding hydrogens is 282 g/mol. The molecule has 5 nitrogen and oxygen atoms in total. The maximum Gasteiger partial charge on any atom is 0.179 e. The van der Waals surface area contributed by atoms with E-state index in [2.05, 4.69) is 9.97 Å². The average Bonchev–Trinajstić information content (AvgIpc) is 2.82. The normalized spacial score (nSPS) is 22.1. The number of hydrogen-bond donors (Lipinski definition) is 1. The van der Waals surface area contributed by atoms with Gasteiger partial charge in [0, 0.05) is 12.2 Å². The van der Waals surface area contributed by atoms with E-state index in [9.17, 15) is 8.42 Å². The van der Waals surface area contributed by atoms with Gasteiger partial charge in [-0.3, -0.25) is 0 Å². The molecule has 0 saturated carbocycles. The molecule has 1 N–H and O–H groups in total. The first-order valence-electron chi connectivity index (χ1n) is 6.25. The van der Waals surface area contributed by atoms with Crippen molar-refractivity contribution in [2.45, 2.75) is 31.6 Å². The van der Waals surface area contributed by atoms with Gasteiger partial charge in [-0.1, -0.05) is 0 Å². The van der Waals surface area contributed by atoms with Crippen molar-refractivity contribution >= 4 is 33.2 Å². The van der Waals surface area contributed by atoms with Gasteiger partial charge in [-0.05, 0) is 44.1 Å². The second-order valence-corrected chi connectivity index (χ2v) is 7.78. The monoisotopic (exact) mass is 297 g/mol. The minimum absolute atomic E-state index is 0.291. The van der Waals surface area contributed by atoms with E-state index >= 15 is 0 Å². The van der Waals surface area contributed by atoms with Crippen LogP contribution in [0.15, 0.2) is 12.1 Å². The SMILES string of the molecule is Cc1ccc2[nH]c(=S)n(CC3CCCS3(=O)=O)c2n1. The Morgan fingerprint density at radius 1 is 1.53 bits per heavy atom. The van der Waals surface area contributed by atoms with Crippen molar-refractivity contribution in [3.63, 3.8) is 0 Å². The van der Waals surface area contributed by atoms with Crippen LogP contribution in [0.1, 0.15) is 18.5 Å². The molecule has 3 rings (SSSR count). The molecule has 0 amide bonds. The topological polar surface area (TPSA) is 67.8 Å². The van der Waals surface area contributed by atoms with Gasteiger partial charge in [-0.2, -0.15) is 0 Å². The molecule has 19 heavy (non-hydrogen) atoms. The van der Waals surface area contributed by atoms with Crippen molar-refractivity contribution in [3.8, 4) is 0 Å². The van der Waals surface area contributed by atoms with E-state index in [1.54, 1.807) is 0 Å². The molecule has 1 unspecified atom stereocenters. The third kappa shape index (κ3) is 2.21. The molecule has 0 aliphatic carbocycles. The first-order chi connectivity index (χ1) is 8.97. The highest BCUT2D eigenvalue weighted by atomic mass is 32.2. The number of aromatic nitrogens is 3. The van der Waals surface area contributed by atoms with Crippen molar-refractivity contribution < 1.29 is 8.42 Å². The van der Waals surface area contributed by atoms with Crippen molar-refractivity contribution in [2.24, 2.45) is 0 Å². The number of H-pyrrole nitrogens is 1. The summed E-state index contributed by atoms with van der Waals surface area (Å²) in [6, 6.07) is 3.83. The number of fused-ring (bicyclic) bond motifs is 1. The summed E-state index contributed by atoms with van der Waals surface area (Å²) in [6.45, 7) is 2.31. The third-order valence-electron chi connectivity index (χ3n) is 3.61. The molecule has 102 valence electrons. The standard InChI is InChI=1S/C12H15N3O2S2/c1-8-4-5-10-11(13-8)15(12(18)14-10)7-9-3-2-6-19(9,16)17/h4-5,9H,2-3,6-7H2,1H3,(H,14,18). The second-order valence-electron chi connectivity index (χ2n) is 5.00. The molecule has 3 heterocycles. The summed E-state index contributed by atoms with van der Waals surface area (Å²) in [6.07, 6.45) is 1.46. The molecule has 2 aromatic heterocycles. The molecule has 1 fully saturated rings. The van der Waals surface area contributed by atoms with Crippen LogP contribution in [0.25, 0.3) is 11.2 Å². The van der Waals surface area contributed by atoms with E-state index in [1.807, 2.05) is 23.6 Å². The molecule has 7 heteroatoms. The lowest BCUT2D eigenvalue weighted by Crippen LogP contribution is -2.22. The summed E-state index contributed by atoms with van der Waals surface area (Å²) in [7, 11) is -2.97. The summed E-state index contributed by atoms with van der Waals surface area (Å²) < 4.78 is 26.2. The Bertz CT molecular complexity index is 789. The van der Waals surface area contributed by atoms with Crippen LogP contribution in [-0.4, -0.2) is 34.0 Å². The fraction of sp³-hybridized carbons (Fsp3) is 0.500. The van der Waals surface area contributed by atoms with Gasteiger partial charge in [0.15, 0.2) is 20.3 Å². The lowest BCUT2D eigenvalue weighted by atomic mass is 10.2. The van der Waals surface area contributed by atoms with Gasteiger partial charge in [-0.15, -0.1) is 0 Å². The van der Waals surface area contributed by atoms with Crippen LogP contribution in [0.3, 0.4) is 0 Å². The van der Waals surface area contributed by atoms with Crippen LogP contribution in [0.4, 0.5) is 0 Å². The predicted octanol–water partition coefficient (Wildman–Crippen LogP) is 1.98. The number of nitrogens with zero attached hydrogens (tertiary/aromatic N) is 2. The number of aromatic amines is 1. The van der Waals surface area contributed by atoms with E-state index in [0.717, 1.165) is 23.3 Å². The summed E-state index contributed by atoms with van der Waals surface area (Å²) in [5, 5.41) is -0.333. The Labute approximate surface area is 116 Å². The maximum atomic E-state index is 11.9. The number of nitrogens with one attached hydrogen (secondary N) is 1. The van der Waals surface area contributed by atoms with E-state index in [-0.39, 0.29) is 5.25 Å². The Morgan fingerprint density at radius 2 is 2.32 bits per heavy atom. The number of sulfone groups is 1. The van der Waals surface area contributed by atoms with Crippen molar-refractivity contribution in [1.29, 1.82) is 0 Å². The molecule has 1 aliphatic heterocycles. The fourth-order valence-corrected chi connectivity index (χ4v) is 4.64. The summed E-state index contributed by atoms with van der Waals surface area (Å²) >= 11 is 5.28. The number of imidazole rings is 1. The Morgan fingerprint density at radius 3 is 3.00 bits per heavy atom. The van der Waals surface area contributed by atoms with Gasteiger partial charge in [-0.25, -0.2) is 13.4 Å². The lowest BCUT2D eigenvalue weighted by molar-refractivity contribution is 0.567. The molecule has 1 saturated heterocycles. The largest absolute Gasteiger partial charge is 0.329 e. The van der Waals surface area contributed by atoms with Crippen LogP contribution in [-0.2, 0) is 16.4 Å². The van der Waals surface area contributed by atoms with Crippen LogP contribution >= 0.6 is 12.2 Å². The lowest BCUT2D eigenvalue weighted by Gasteiger charge is -2.10. The number of rotatable bonds is 2. The van der Waals surface area contributed by atoms with Gasteiger partial charge < -0.3 is 9.55 Å². The van der Waals surface area contributed by atoms with Crippen molar-refractivity contribution in [1.82, 2.24) is 14.5 Å². The van der Waals surface area contributed by atoms with Crippen LogP contribution in [0.2, 0.25) is 0 Å². The van der Waals surface area contributed by atoms with E-state index in [0.29, 0.717) is 23.5 Å². The van der Waals surface area contributed by atoms with E-state index < -0.39 is 9.84 Å². The number of pyridine rings is 1. The van der Waals surface area contributed by atoms with Crippen molar-refractivity contribution in [3.05, 3.63) is 22.6 Å². The minimum atomic E-state index is -2.97.